The van der Waals surface area contributed by atoms with Crippen molar-refractivity contribution in [2.45, 2.75) is 60.3 Å². The summed E-state index contributed by atoms with van der Waals surface area (Å²) in [5.41, 5.74) is 0.431. The number of hydrogen-bond donors (Lipinski definition) is 1. The van der Waals surface area contributed by atoms with Crippen molar-refractivity contribution in [2.24, 2.45) is 23.2 Å². The minimum absolute atomic E-state index is 0.431. The van der Waals surface area contributed by atoms with E-state index >= 15 is 0 Å². The average Bonchev–Trinajstić information content (AvgIpc) is 2.17. The fourth-order valence-corrected chi connectivity index (χ4v) is 2.55. The molecule has 0 aliphatic heterocycles. The van der Waals surface area contributed by atoms with Crippen molar-refractivity contribution in [1.82, 2.24) is 5.32 Å². The summed E-state index contributed by atoms with van der Waals surface area (Å²) in [7, 11) is 0. The first kappa shape index (κ1) is 14.0. The van der Waals surface area contributed by atoms with Crippen molar-refractivity contribution in [1.29, 1.82) is 0 Å². The Kier molecular flexibility index (Phi) is 5.30. The van der Waals surface area contributed by atoms with Gasteiger partial charge in [-0.2, -0.15) is 0 Å². The SMILES string of the molecule is CC1CCCC(CNCC(C)(C)C(C)C)C1. The first-order chi connectivity index (χ1) is 7.42. The summed E-state index contributed by atoms with van der Waals surface area (Å²) < 4.78 is 0. The molecule has 1 fully saturated rings. The Morgan fingerprint density at radius 1 is 1.25 bits per heavy atom. The molecule has 0 amide bonds. The predicted octanol–water partition coefficient (Wildman–Crippen LogP) is 4.08. The second-order valence-electron chi connectivity index (χ2n) is 6.91. The third kappa shape index (κ3) is 4.45. The van der Waals surface area contributed by atoms with Crippen molar-refractivity contribution in [3.63, 3.8) is 0 Å². The summed E-state index contributed by atoms with van der Waals surface area (Å²) in [5, 5.41) is 3.70. The predicted molar refractivity (Wildman–Crippen MR) is 72.6 cm³/mol. The highest BCUT2D eigenvalue weighted by molar-refractivity contribution is 4.77. The van der Waals surface area contributed by atoms with Crippen LogP contribution in [0.5, 0.6) is 0 Å². The van der Waals surface area contributed by atoms with E-state index in [4.69, 9.17) is 0 Å². The zero-order chi connectivity index (χ0) is 12.2. The highest BCUT2D eigenvalue weighted by atomic mass is 14.9. The molecule has 1 saturated carbocycles. The summed E-state index contributed by atoms with van der Waals surface area (Å²) in [6, 6.07) is 0. The first-order valence-electron chi connectivity index (χ1n) is 7.12. The van der Waals surface area contributed by atoms with E-state index < -0.39 is 0 Å². The van der Waals surface area contributed by atoms with E-state index in [1.165, 1.54) is 32.2 Å². The van der Waals surface area contributed by atoms with E-state index in [1.807, 2.05) is 0 Å². The number of rotatable bonds is 5. The molecule has 2 unspecified atom stereocenters. The monoisotopic (exact) mass is 225 g/mol. The molecule has 0 spiro atoms. The molecule has 1 N–H and O–H groups in total. The molecule has 1 rings (SSSR count). The fraction of sp³-hybridized carbons (Fsp3) is 1.00. The van der Waals surface area contributed by atoms with Gasteiger partial charge in [0.05, 0.1) is 0 Å². The second kappa shape index (κ2) is 6.05. The van der Waals surface area contributed by atoms with Crippen molar-refractivity contribution < 1.29 is 0 Å². The van der Waals surface area contributed by atoms with Crippen LogP contribution in [0.1, 0.15) is 60.3 Å². The van der Waals surface area contributed by atoms with Crippen LogP contribution in [0.2, 0.25) is 0 Å². The van der Waals surface area contributed by atoms with Gasteiger partial charge in [0.2, 0.25) is 0 Å². The molecule has 16 heavy (non-hydrogen) atoms. The quantitative estimate of drug-likeness (QED) is 0.743. The lowest BCUT2D eigenvalue weighted by atomic mass is 9.80. The first-order valence-corrected chi connectivity index (χ1v) is 7.12. The van der Waals surface area contributed by atoms with E-state index in [2.05, 4.69) is 39.9 Å². The van der Waals surface area contributed by atoms with Gasteiger partial charge in [-0.05, 0) is 42.6 Å². The van der Waals surface area contributed by atoms with Crippen LogP contribution < -0.4 is 5.32 Å². The topological polar surface area (TPSA) is 12.0 Å². The minimum atomic E-state index is 0.431. The normalized spacial score (nSPS) is 27.4. The van der Waals surface area contributed by atoms with E-state index in [9.17, 15) is 0 Å². The lowest BCUT2D eigenvalue weighted by molar-refractivity contribution is 0.218. The van der Waals surface area contributed by atoms with Gasteiger partial charge in [-0.1, -0.05) is 47.5 Å². The van der Waals surface area contributed by atoms with Crippen LogP contribution in [-0.2, 0) is 0 Å². The van der Waals surface area contributed by atoms with Crippen LogP contribution in [0.25, 0.3) is 0 Å². The largest absolute Gasteiger partial charge is 0.316 e. The van der Waals surface area contributed by atoms with Crippen LogP contribution in [0.15, 0.2) is 0 Å². The highest BCUT2D eigenvalue weighted by Gasteiger charge is 2.23. The Bertz CT molecular complexity index is 196. The smallest absolute Gasteiger partial charge is 0.000508 e. The third-order valence-corrected chi connectivity index (χ3v) is 4.62. The molecule has 1 nitrogen and oxygen atoms in total. The van der Waals surface area contributed by atoms with Crippen molar-refractivity contribution >= 4 is 0 Å². The van der Waals surface area contributed by atoms with Crippen molar-refractivity contribution in [3.8, 4) is 0 Å². The van der Waals surface area contributed by atoms with E-state index in [1.54, 1.807) is 0 Å². The molecule has 1 aliphatic carbocycles. The number of nitrogens with one attached hydrogen (secondary N) is 1. The Hall–Kier alpha value is -0.0400. The van der Waals surface area contributed by atoms with E-state index in [0.717, 1.165) is 24.3 Å². The maximum absolute atomic E-state index is 3.70. The molecule has 2 atom stereocenters. The van der Waals surface area contributed by atoms with Crippen molar-refractivity contribution in [3.05, 3.63) is 0 Å². The summed E-state index contributed by atoms with van der Waals surface area (Å²) >= 11 is 0. The summed E-state index contributed by atoms with van der Waals surface area (Å²) in [6.07, 6.45) is 5.78. The molecular weight excluding hydrogens is 194 g/mol. The lowest BCUT2D eigenvalue weighted by Crippen LogP contribution is -2.36. The van der Waals surface area contributed by atoms with Gasteiger partial charge in [-0.3, -0.25) is 0 Å². The molecule has 0 aromatic carbocycles. The number of hydrogen-bond acceptors (Lipinski definition) is 1. The van der Waals surface area contributed by atoms with Crippen LogP contribution in [0.3, 0.4) is 0 Å². The Balaban J connectivity index is 2.20. The Labute approximate surface area is 102 Å². The van der Waals surface area contributed by atoms with Crippen LogP contribution in [0, 0.1) is 23.2 Å². The Morgan fingerprint density at radius 2 is 1.94 bits per heavy atom. The summed E-state index contributed by atoms with van der Waals surface area (Å²) in [5.74, 6) is 2.65. The van der Waals surface area contributed by atoms with Gasteiger partial charge in [0.1, 0.15) is 0 Å². The Morgan fingerprint density at radius 3 is 2.50 bits per heavy atom. The zero-order valence-electron chi connectivity index (χ0n) is 12.0. The van der Waals surface area contributed by atoms with Gasteiger partial charge in [-0.25, -0.2) is 0 Å². The van der Waals surface area contributed by atoms with Gasteiger partial charge >= 0.3 is 0 Å². The van der Waals surface area contributed by atoms with Crippen LogP contribution >= 0.6 is 0 Å². The van der Waals surface area contributed by atoms with Crippen molar-refractivity contribution in [2.75, 3.05) is 13.1 Å². The van der Waals surface area contributed by atoms with Crippen LogP contribution in [-0.4, -0.2) is 13.1 Å². The standard InChI is InChI=1S/C15H31N/c1-12(2)15(4,5)11-16-10-14-8-6-7-13(3)9-14/h12-14,16H,6-11H2,1-5H3. The average molecular weight is 225 g/mol. The molecule has 0 heterocycles. The minimum Gasteiger partial charge on any atom is -0.316 e. The van der Waals surface area contributed by atoms with Gasteiger partial charge in [0, 0.05) is 6.54 Å². The molecule has 0 radical (unpaired) electrons. The van der Waals surface area contributed by atoms with E-state index in [-0.39, 0.29) is 0 Å². The van der Waals surface area contributed by atoms with E-state index in [0.29, 0.717) is 5.41 Å². The second-order valence-corrected chi connectivity index (χ2v) is 6.91. The molecule has 0 aromatic rings. The fourth-order valence-electron chi connectivity index (χ4n) is 2.55. The van der Waals surface area contributed by atoms with Gasteiger partial charge in [0.25, 0.3) is 0 Å². The molecule has 0 aromatic heterocycles. The molecular formula is C15H31N. The summed E-state index contributed by atoms with van der Waals surface area (Å²) in [6.45, 7) is 14.2. The third-order valence-electron chi connectivity index (χ3n) is 4.62. The molecule has 1 heteroatoms. The maximum Gasteiger partial charge on any atom is 0.000508 e. The lowest BCUT2D eigenvalue weighted by Gasteiger charge is -2.32. The zero-order valence-corrected chi connectivity index (χ0v) is 12.0. The molecule has 96 valence electrons. The van der Waals surface area contributed by atoms with Crippen LogP contribution in [0.4, 0.5) is 0 Å². The molecule has 1 aliphatic rings. The van der Waals surface area contributed by atoms with Gasteiger partial charge in [-0.15, -0.1) is 0 Å². The highest BCUT2D eigenvalue weighted by Crippen LogP contribution is 2.29. The van der Waals surface area contributed by atoms with Gasteiger partial charge in [0.15, 0.2) is 0 Å². The molecule has 0 saturated heterocycles. The summed E-state index contributed by atoms with van der Waals surface area (Å²) in [4.78, 5) is 0. The molecule has 0 bridgehead atoms. The maximum atomic E-state index is 3.70. The van der Waals surface area contributed by atoms with Gasteiger partial charge < -0.3 is 5.32 Å².